The minimum absolute atomic E-state index is 0.0997. The lowest BCUT2D eigenvalue weighted by molar-refractivity contribution is -0.143. The number of benzene rings is 3. The molecular formula is C25H23O3P. The number of carbonyl (C=O) groups excluding carboxylic acids is 2. The van der Waals surface area contributed by atoms with Gasteiger partial charge in [-0.1, -0.05) is 104 Å². The Labute approximate surface area is 171 Å². The molecule has 0 unspecified atom stereocenters. The van der Waals surface area contributed by atoms with Crippen LogP contribution in [0.2, 0.25) is 0 Å². The predicted octanol–water partition coefficient (Wildman–Crippen LogP) is 3.47. The van der Waals surface area contributed by atoms with Crippen LogP contribution in [0.3, 0.4) is 0 Å². The van der Waals surface area contributed by atoms with E-state index in [1.54, 1.807) is 5.80 Å². The first-order valence-corrected chi connectivity index (χ1v) is 11.2. The number of hydrogen-bond donors (Lipinski definition) is 0. The van der Waals surface area contributed by atoms with Gasteiger partial charge in [-0.05, 0) is 28.6 Å². The number of rotatable bonds is 8. The van der Waals surface area contributed by atoms with Gasteiger partial charge in [0.25, 0.3) is 0 Å². The van der Waals surface area contributed by atoms with E-state index in [9.17, 15) is 9.59 Å². The van der Waals surface area contributed by atoms with Crippen LogP contribution in [0.25, 0.3) is 0 Å². The van der Waals surface area contributed by atoms with Crippen molar-refractivity contribution in [3.05, 3.63) is 104 Å². The molecule has 0 fully saturated rings. The first-order chi connectivity index (χ1) is 14.2. The van der Waals surface area contributed by atoms with Gasteiger partial charge in [0, 0.05) is 0 Å². The molecule has 3 aromatic rings. The van der Waals surface area contributed by atoms with Crippen molar-refractivity contribution >= 4 is 40.3 Å². The number of ether oxygens (including phenoxy) is 1. The van der Waals surface area contributed by atoms with Crippen LogP contribution in [0.1, 0.15) is 6.42 Å². The molecular weight excluding hydrogens is 379 g/mol. The fourth-order valence-corrected chi connectivity index (χ4v) is 7.06. The van der Waals surface area contributed by atoms with E-state index in [-0.39, 0.29) is 18.8 Å². The molecule has 0 aromatic heterocycles. The molecule has 0 atom stereocenters. The highest BCUT2D eigenvalue weighted by atomic mass is 31.2. The Balaban J connectivity index is 2.21. The lowest BCUT2D eigenvalue weighted by Gasteiger charge is -2.28. The van der Waals surface area contributed by atoms with Crippen molar-refractivity contribution in [1.82, 2.24) is 0 Å². The second kappa shape index (κ2) is 9.86. The third-order valence-corrected chi connectivity index (χ3v) is 8.52. The summed E-state index contributed by atoms with van der Waals surface area (Å²) in [5.74, 6) is 0.963. The monoisotopic (exact) mass is 402 g/mol. The van der Waals surface area contributed by atoms with Gasteiger partial charge in [0.05, 0.1) is 0 Å². The molecule has 0 bridgehead atoms. The average Bonchev–Trinajstić information content (AvgIpc) is 2.78. The van der Waals surface area contributed by atoms with Gasteiger partial charge in [0.1, 0.15) is 13.0 Å². The molecule has 0 radical (unpaired) electrons. The molecule has 0 saturated carbocycles. The number of ketones is 1. The average molecular weight is 402 g/mol. The molecule has 3 rings (SSSR count). The van der Waals surface area contributed by atoms with Gasteiger partial charge in [-0.25, -0.2) is 0 Å². The van der Waals surface area contributed by atoms with Crippen LogP contribution in [0.5, 0.6) is 0 Å². The predicted molar refractivity (Wildman–Crippen MR) is 122 cm³/mol. The maximum Gasteiger partial charge on any atom is 0.313 e. The van der Waals surface area contributed by atoms with Gasteiger partial charge in [-0.2, -0.15) is 0 Å². The van der Waals surface area contributed by atoms with Crippen LogP contribution in [0.4, 0.5) is 0 Å². The van der Waals surface area contributed by atoms with Gasteiger partial charge in [-0.3, -0.25) is 9.59 Å². The molecule has 0 N–H and O–H groups in total. The van der Waals surface area contributed by atoms with Gasteiger partial charge in [0.15, 0.2) is 5.78 Å². The third-order valence-electron chi connectivity index (χ3n) is 4.51. The Morgan fingerprint density at radius 3 is 1.55 bits per heavy atom. The van der Waals surface area contributed by atoms with Gasteiger partial charge < -0.3 is 4.74 Å². The standard InChI is InChI=1S/C25H23O3P/c1-2-18-28-25(27)19-21(26)20-29(22-12-6-3-7-13-22,23-14-8-4-9-15-23)24-16-10-5-11-17-24/h2-17,20H,1,18-19H2. The van der Waals surface area contributed by atoms with Crippen molar-refractivity contribution in [3.63, 3.8) is 0 Å². The lowest BCUT2D eigenvalue weighted by atomic mass is 10.3. The fraction of sp³-hybridized carbons (Fsp3) is 0.0800. The lowest BCUT2D eigenvalue weighted by Crippen LogP contribution is -2.29. The Morgan fingerprint density at radius 1 is 0.759 bits per heavy atom. The maximum absolute atomic E-state index is 13.0. The minimum Gasteiger partial charge on any atom is -0.461 e. The van der Waals surface area contributed by atoms with Crippen molar-refractivity contribution in [2.45, 2.75) is 6.42 Å². The number of hydrogen-bond acceptors (Lipinski definition) is 3. The summed E-state index contributed by atoms with van der Waals surface area (Å²) in [4.78, 5) is 25.0. The second-order valence-electron chi connectivity index (χ2n) is 6.47. The highest BCUT2D eigenvalue weighted by molar-refractivity contribution is 7.95. The summed E-state index contributed by atoms with van der Waals surface area (Å²) in [6.07, 6.45) is 1.20. The molecule has 0 amide bonds. The molecule has 146 valence electrons. The molecule has 0 aliphatic rings. The number of carbonyl (C=O) groups is 2. The normalized spacial score (nSPS) is 10.8. The Morgan fingerprint density at radius 2 is 1.17 bits per heavy atom. The van der Waals surface area contributed by atoms with E-state index in [2.05, 4.69) is 6.58 Å². The Kier molecular flexibility index (Phi) is 6.99. The first kappa shape index (κ1) is 20.6. The zero-order valence-electron chi connectivity index (χ0n) is 16.1. The molecule has 3 nitrogen and oxygen atoms in total. The quantitative estimate of drug-likeness (QED) is 0.251. The summed E-state index contributed by atoms with van der Waals surface area (Å²) >= 11 is 0. The van der Waals surface area contributed by atoms with Crippen LogP contribution in [-0.2, 0) is 14.3 Å². The van der Waals surface area contributed by atoms with E-state index in [1.807, 2.05) is 91.0 Å². The molecule has 0 spiro atoms. The van der Waals surface area contributed by atoms with Gasteiger partial charge >= 0.3 is 5.97 Å². The van der Waals surface area contributed by atoms with Crippen LogP contribution >= 0.6 is 6.89 Å². The molecule has 0 saturated heterocycles. The molecule has 0 aliphatic heterocycles. The van der Waals surface area contributed by atoms with E-state index in [4.69, 9.17) is 4.74 Å². The van der Waals surface area contributed by atoms with Crippen LogP contribution in [0.15, 0.2) is 104 Å². The second-order valence-corrected chi connectivity index (χ2v) is 9.73. The smallest absolute Gasteiger partial charge is 0.313 e. The summed E-state index contributed by atoms with van der Waals surface area (Å²) in [5, 5.41) is 3.18. The van der Waals surface area contributed by atoms with Crippen LogP contribution in [0, 0.1) is 0 Å². The van der Waals surface area contributed by atoms with Crippen molar-refractivity contribution in [3.8, 4) is 0 Å². The summed E-state index contributed by atoms with van der Waals surface area (Å²) in [7, 11) is 0. The van der Waals surface area contributed by atoms with Crippen LogP contribution in [-0.4, -0.2) is 24.2 Å². The fourth-order valence-electron chi connectivity index (χ4n) is 3.27. The highest BCUT2D eigenvalue weighted by Crippen LogP contribution is 2.43. The zero-order valence-corrected chi connectivity index (χ0v) is 17.0. The van der Waals surface area contributed by atoms with Crippen molar-refractivity contribution in [1.29, 1.82) is 0 Å². The van der Waals surface area contributed by atoms with Crippen molar-refractivity contribution < 1.29 is 14.3 Å². The molecule has 4 heteroatoms. The van der Waals surface area contributed by atoms with E-state index in [1.165, 1.54) is 6.08 Å². The van der Waals surface area contributed by atoms with Crippen molar-refractivity contribution in [2.24, 2.45) is 0 Å². The van der Waals surface area contributed by atoms with Gasteiger partial charge in [0.2, 0.25) is 0 Å². The van der Waals surface area contributed by atoms with E-state index in [0.717, 1.165) is 15.9 Å². The van der Waals surface area contributed by atoms with Crippen LogP contribution < -0.4 is 15.9 Å². The summed E-state index contributed by atoms with van der Waals surface area (Å²) in [6, 6.07) is 30.1. The van der Waals surface area contributed by atoms with E-state index in [0.29, 0.717) is 0 Å². The zero-order chi connectivity index (χ0) is 20.5. The summed E-state index contributed by atoms with van der Waals surface area (Å²) in [6.45, 7) is 1.23. The number of esters is 1. The number of Topliss-reactive ketones (excluding diaryl/α,β-unsaturated/α-hetero) is 1. The third kappa shape index (κ3) is 4.82. The molecule has 0 aliphatic carbocycles. The molecule has 3 aromatic carbocycles. The maximum atomic E-state index is 13.0. The summed E-state index contributed by atoms with van der Waals surface area (Å²) < 4.78 is 5.01. The summed E-state index contributed by atoms with van der Waals surface area (Å²) in [5.41, 5.74) is 0. The molecule has 29 heavy (non-hydrogen) atoms. The minimum atomic E-state index is -2.39. The van der Waals surface area contributed by atoms with E-state index >= 15 is 0 Å². The van der Waals surface area contributed by atoms with Gasteiger partial charge in [-0.15, -0.1) is 0 Å². The topological polar surface area (TPSA) is 43.4 Å². The first-order valence-electron chi connectivity index (χ1n) is 9.37. The molecule has 0 heterocycles. The Bertz CT molecular complexity index is 922. The van der Waals surface area contributed by atoms with Crippen molar-refractivity contribution in [2.75, 3.05) is 6.61 Å². The van der Waals surface area contributed by atoms with E-state index < -0.39 is 12.9 Å². The Hall–Kier alpha value is -3.16. The largest absolute Gasteiger partial charge is 0.461 e. The SMILES string of the molecule is C=CCOC(=O)CC(=O)C=P(c1ccccc1)(c1ccccc1)c1ccccc1. The highest BCUT2D eigenvalue weighted by Gasteiger charge is 2.26.